The molecule has 0 aliphatic rings. The molecule has 5 nitrogen and oxygen atoms in total. The summed E-state index contributed by atoms with van der Waals surface area (Å²) in [5.41, 5.74) is 7.54. The number of nitrogens with two attached hydrogens (primary N) is 1. The Balaban J connectivity index is 2.53. The number of halogens is 2. The molecule has 0 heterocycles. The first-order chi connectivity index (χ1) is 11.3. The molecule has 2 rings (SSSR count). The predicted molar refractivity (Wildman–Crippen MR) is 92.9 cm³/mol. The molecule has 0 aromatic heterocycles. The molecule has 0 amide bonds. The van der Waals surface area contributed by atoms with Gasteiger partial charge in [-0.05, 0) is 48.0 Å². The zero-order valence-corrected chi connectivity index (χ0v) is 14.0. The van der Waals surface area contributed by atoms with Crippen LogP contribution in [-0.2, 0) is 4.79 Å². The van der Waals surface area contributed by atoms with E-state index in [1.807, 2.05) is 0 Å². The molecule has 0 aliphatic heterocycles. The Morgan fingerprint density at radius 2 is 1.79 bits per heavy atom. The molecule has 0 spiro atoms. The highest BCUT2D eigenvalue weighted by atomic mass is 35.5. The Hall–Kier alpha value is -2.08. The van der Waals surface area contributed by atoms with Crippen LogP contribution in [0.25, 0.3) is 11.1 Å². The van der Waals surface area contributed by atoms with E-state index in [4.69, 9.17) is 39.1 Å². The molecule has 4 N–H and O–H groups in total. The van der Waals surface area contributed by atoms with Gasteiger partial charge < -0.3 is 15.9 Å². The van der Waals surface area contributed by atoms with Crippen LogP contribution in [0.15, 0.2) is 36.4 Å². The van der Waals surface area contributed by atoms with Gasteiger partial charge in [-0.1, -0.05) is 29.3 Å². The first-order valence-electron chi connectivity index (χ1n) is 7.07. The van der Waals surface area contributed by atoms with Crippen LogP contribution in [0.2, 0.25) is 10.0 Å². The van der Waals surface area contributed by atoms with Crippen molar-refractivity contribution in [1.82, 2.24) is 0 Å². The van der Waals surface area contributed by atoms with Crippen LogP contribution in [0.5, 0.6) is 0 Å². The SMILES string of the molecule is NC[C@H](CC(=O)O)c1ccc(Cl)c(-c2cc(Cl)cc(C(=O)O)c2)c1. The van der Waals surface area contributed by atoms with Crippen molar-refractivity contribution in [1.29, 1.82) is 0 Å². The first kappa shape index (κ1) is 18.3. The molecule has 0 saturated heterocycles. The van der Waals surface area contributed by atoms with Gasteiger partial charge in [0.15, 0.2) is 0 Å². The van der Waals surface area contributed by atoms with Crippen molar-refractivity contribution in [2.24, 2.45) is 5.73 Å². The molecule has 0 fully saturated rings. The Morgan fingerprint density at radius 1 is 1.08 bits per heavy atom. The summed E-state index contributed by atoms with van der Waals surface area (Å²) >= 11 is 12.2. The van der Waals surface area contributed by atoms with E-state index in [2.05, 4.69) is 0 Å². The van der Waals surface area contributed by atoms with Crippen LogP contribution in [0, 0.1) is 0 Å². The highest BCUT2D eigenvalue weighted by Gasteiger charge is 2.17. The summed E-state index contributed by atoms with van der Waals surface area (Å²) in [4.78, 5) is 22.2. The van der Waals surface area contributed by atoms with Gasteiger partial charge in [-0.15, -0.1) is 0 Å². The minimum absolute atomic E-state index is 0.0416. The quantitative estimate of drug-likeness (QED) is 0.719. The van der Waals surface area contributed by atoms with E-state index < -0.39 is 11.9 Å². The van der Waals surface area contributed by atoms with Crippen molar-refractivity contribution in [3.63, 3.8) is 0 Å². The maximum atomic E-state index is 11.2. The van der Waals surface area contributed by atoms with E-state index in [1.165, 1.54) is 12.1 Å². The van der Waals surface area contributed by atoms with Crippen LogP contribution in [-0.4, -0.2) is 28.7 Å². The third kappa shape index (κ3) is 4.26. The monoisotopic (exact) mass is 367 g/mol. The molecule has 0 bridgehead atoms. The molecule has 2 aromatic rings. The second-order valence-electron chi connectivity index (χ2n) is 5.30. The molecule has 0 saturated carbocycles. The Bertz CT molecular complexity index is 792. The van der Waals surface area contributed by atoms with Crippen molar-refractivity contribution in [2.75, 3.05) is 6.54 Å². The number of carboxylic acids is 2. The molecule has 0 unspecified atom stereocenters. The minimum atomic E-state index is -1.10. The van der Waals surface area contributed by atoms with Crippen molar-refractivity contribution < 1.29 is 19.8 Å². The summed E-state index contributed by atoms with van der Waals surface area (Å²) in [6, 6.07) is 9.49. The molecule has 0 radical (unpaired) electrons. The zero-order chi connectivity index (χ0) is 17.9. The molecule has 126 valence electrons. The second-order valence-corrected chi connectivity index (χ2v) is 6.15. The van der Waals surface area contributed by atoms with Gasteiger partial charge in [0, 0.05) is 21.5 Å². The normalized spacial score (nSPS) is 12.0. The highest BCUT2D eigenvalue weighted by molar-refractivity contribution is 6.34. The van der Waals surface area contributed by atoms with Gasteiger partial charge in [0.05, 0.1) is 12.0 Å². The van der Waals surface area contributed by atoms with Crippen LogP contribution >= 0.6 is 23.2 Å². The number of benzene rings is 2. The third-order valence-corrected chi connectivity index (χ3v) is 4.17. The maximum absolute atomic E-state index is 11.2. The lowest BCUT2D eigenvalue weighted by Crippen LogP contribution is -2.16. The van der Waals surface area contributed by atoms with Crippen molar-refractivity contribution in [2.45, 2.75) is 12.3 Å². The zero-order valence-electron chi connectivity index (χ0n) is 12.5. The Labute approximate surface area is 148 Å². The van der Waals surface area contributed by atoms with Crippen molar-refractivity contribution >= 4 is 35.1 Å². The largest absolute Gasteiger partial charge is 0.481 e. The summed E-state index contributed by atoms with van der Waals surface area (Å²) < 4.78 is 0. The van der Waals surface area contributed by atoms with Gasteiger partial charge in [-0.2, -0.15) is 0 Å². The molecule has 1 atom stereocenters. The van der Waals surface area contributed by atoms with Crippen LogP contribution in [0.3, 0.4) is 0 Å². The van der Waals surface area contributed by atoms with Crippen molar-refractivity contribution in [3.05, 3.63) is 57.6 Å². The van der Waals surface area contributed by atoms with E-state index in [0.29, 0.717) is 16.1 Å². The van der Waals surface area contributed by atoms with Crippen LogP contribution < -0.4 is 5.73 Å². The molecular formula is C17H15Cl2NO4. The van der Waals surface area contributed by atoms with E-state index >= 15 is 0 Å². The molecule has 24 heavy (non-hydrogen) atoms. The maximum Gasteiger partial charge on any atom is 0.335 e. The lowest BCUT2D eigenvalue weighted by atomic mass is 9.92. The minimum Gasteiger partial charge on any atom is -0.481 e. The summed E-state index contributed by atoms with van der Waals surface area (Å²) in [6.45, 7) is 0.170. The summed E-state index contributed by atoms with van der Waals surface area (Å²) in [5.74, 6) is -2.41. The summed E-state index contributed by atoms with van der Waals surface area (Å²) in [6.07, 6.45) is -0.104. The van der Waals surface area contributed by atoms with Gasteiger partial charge in [0.1, 0.15) is 0 Å². The topological polar surface area (TPSA) is 101 Å². The average Bonchev–Trinajstić information content (AvgIpc) is 2.52. The fourth-order valence-electron chi connectivity index (χ4n) is 2.43. The first-order valence-corrected chi connectivity index (χ1v) is 7.83. The number of carbonyl (C=O) groups is 2. The number of rotatable bonds is 6. The summed E-state index contributed by atoms with van der Waals surface area (Å²) in [5, 5.41) is 18.8. The fraction of sp³-hybridized carbons (Fsp3) is 0.176. The standard InChI is InChI=1S/C17H15Cl2NO4/c18-13-4-10(3-11(5-13)17(23)24)14-6-9(1-2-15(14)19)12(8-20)7-16(21)22/h1-6,12H,7-8,20H2,(H,21,22)(H,23,24)/t12-/m0/s1. The smallest absolute Gasteiger partial charge is 0.335 e. The Kier molecular flexibility index (Phi) is 5.83. The number of hydrogen-bond donors (Lipinski definition) is 3. The number of carboxylic acid groups (broad SMARTS) is 2. The third-order valence-electron chi connectivity index (χ3n) is 3.62. The van der Waals surface area contributed by atoms with Gasteiger partial charge in [-0.3, -0.25) is 4.79 Å². The molecule has 0 aliphatic carbocycles. The molecule has 2 aromatic carbocycles. The van der Waals surface area contributed by atoms with E-state index in [0.717, 1.165) is 5.56 Å². The van der Waals surface area contributed by atoms with Gasteiger partial charge in [0.25, 0.3) is 0 Å². The molecule has 7 heteroatoms. The number of aromatic carboxylic acids is 1. The van der Waals surface area contributed by atoms with Gasteiger partial charge in [-0.25, -0.2) is 4.79 Å². The second kappa shape index (κ2) is 7.66. The average molecular weight is 368 g/mol. The van der Waals surface area contributed by atoms with Crippen LogP contribution in [0.4, 0.5) is 0 Å². The number of aliphatic carboxylic acids is 1. The number of hydrogen-bond acceptors (Lipinski definition) is 3. The molecular weight excluding hydrogens is 353 g/mol. The lowest BCUT2D eigenvalue weighted by Gasteiger charge is -2.15. The van der Waals surface area contributed by atoms with Crippen LogP contribution in [0.1, 0.15) is 28.3 Å². The lowest BCUT2D eigenvalue weighted by molar-refractivity contribution is -0.137. The fourth-order valence-corrected chi connectivity index (χ4v) is 2.90. The van der Waals surface area contributed by atoms with Crippen molar-refractivity contribution in [3.8, 4) is 11.1 Å². The van der Waals surface area contributed by atoms with E-state index in [1.54, 1.807) is 24.3 Å². The highest BCUT2D eigenvalue weighted by Crippen LogP contribution is 2.34. The van der Waals surface area contributed by atoms with E-state index in [-0.39, 0.29) is 29.5 Å². The Morgan fingerprint density at radius 3 is 2.38 bits per heavy atom. The van der Waals surface area contributed by atoms with Gasteiger partial charge in [0.2, 0.25) is 0 Å². The van der Waals surface area contributed by atoms with E-state index in [9.17, 15) is 9.59 Å². The summed E-state index contributed by atoms with van der Waals surface area (Å²) in [7, 11) is 0. The van der Waals surface area contributed by atoms with Gasteiger partial charge >= 0.3 is 11.9 Å². The predicted octanol–water partition coefficient (Wildman–Crippen LogP) is 3.88.